The van der Waals surface area contributed by atoms with Crippen LogP contribution in [0.3, 0.4) is 0 Å². The van der Waals surface area contributed by atoms with Crippen LogP contribution in [0.4, 0.5) is 10.1 Å². The van der Waals surface area contributed by atoms with Crippen LogP contribution in [-0.2, 0) is 14.3 Å². The van der Waals surface area contributed by atoms with Crippen LogP contribution >= 0.6 is 0 Å². The number of benzene rings is 2. The van der Waals surface area contributed by atoms with E-state index in [0.29, 0.717) is 16.8 Å². The summed E-state index contributed by atoms with van der Waals surface area (Å²) in [6.45, 7) is 1.41. The molecule has 0 bridgehead atoms. The summed E-state index contributed by atoms with van der Waals surface area (Å²) >= 11 is 0. The van der Waals surface area contributed by atoms with Crippen LogP contribution in [0.15, 0.2) is 48.5 Å². The number of anilines is 1. The normalized spacial score (nSPS) is 11.1. The Morgan fingerprint density at radius 1 is 1.15 bits per heavy atom. The van der Waals surface area contributed by atoms with Crippen molar-refractivity contribution in [3.8, 4) is 6.07 Å². The molecule has 138 valence electrons. The molecule has 6 nitrogen and oxygen atoms in total. The van der Waals surface area contributed by atoms with E-state index in [1.165, 1.54) is 37.3 Å². The van der Waals surface area contributed by atoms with Crippen molar-refractivity contribution in [1.82, 2.24) is 0 Å². The number of nitriles is 1. The van der Waals surface area contributed by atoms with Gasteiger partial charge in [-0.25, -0.2) is 4.39 Å². The molecule has 0 saturated carbocycles. The fraction of sp³-hybridized carbons (Fsp3) is 0.200. The molecule has 2 aromatic carbocycles. The number of carbonyl (C=O) groups excluding carboxylic acids is 3. The Balaban J connectivity index is 1.82. The molecule has 1 amide bonds. The van der Waals surface area contributed by atoms with E-state index in [0.717, 1.165) is 0 Å². The number of ether oxygens (including phenoxy) is 1. The molecule has 1 N–H and O–H groups in total. The van der Waals surface area contributed by atoms with Gasteiger partial charge in [0.25, 0.3) is 5.91 Å². The van der Waals surface area contributed by atoms with E-state index in [1.54, 1.807) is 18.2 Å². The highest BCUT2D eigenvalue weighted by molar-refractivity contribution is 5.98. The number of hydrogen-bond donors (Lipinski definition) is 1. The molecule has 0 fully saturated rings. The predicted molar refractivity (Wildman–Crippen MR) is 95.3 cm³/mol. The zero-order chi connectivity index (χ0) is 19.8. The number of nitrogens with one attached hydrogen (secondary N) is 1. The monoisotopic (exact) mass is 368 g/mol. The summed E-state index contributed by atoms with van der Waals surface area (Å²) < 4.78 is 17.9. The molecule has 0 unspecified atom stereocenters. The van der Waals surface area contributed by atoms with E-state index in [-0.39, 0.29) is 18.6 Å². The van der Waals surface area contributed by atoms with Crippen LogP contribution in [0.25, 0.3) is 0 Å². The third-order valence-electron chi connectivity index (χ3n) is 3.66. The number of ketones is 1. The van der Waals surface area contributed by atoms with Gasteiger partial charge in [-0.2, -0.15) is 5.26 Å². The maximum atomic E-state index is 12.8. The first-order valence-corrected chi connectivity index (χ1v) is 8.18. The molecule has 0 radical (unpaired) electrons. The van der Waals surface area contributed by atoms with Crippen molar-refractivity contribution >= 4 is 23.3 Å². The second-order valence-corrected chi connectivity index (χ2v) is 5.74. The van der Waals surface area contributed by atoms with Gasteiger partial charge in [-0.3, -0.25) is 14.4 Å². The van der Waals surface area contributed by atoms with Gasteiger partial charge < -0.3 is 10.1 Å². The molecule has 0 aromatic heterocycles. The Bertz CT molecular complexity index is 888. The third kappa shape index (κ3) is 6.04. The lowest BCUT2D eigenvalue weighted by atomic mass is 10.1. The number of esters is 1. The number of carbonyl (C=O) groups is 3. The highest BCUT2D eigenvalue weighted by atomic mass is 19.1. The summed E-state index contributed by atoms with van der Waals surface area (Å²) in [7, 11) is 0. The second kappa shape index (κ2) is 9.25. The van der Waals surface area contributed by atoms with Gasteiger partial charge in [-0.1, -0.05) is 6.07 Å². The van der Waals surface area contributed by atoms with Gasteiger partial charge in [0.05, 0.1) is 18.1 Å². The highest BCUT2D eigenvalue weighted by Crippen LogP contribution is 2.12. The van der Waals surface area contributed by atoms with E-state index in [9.17, 15) is 18.8 Å². The smallest absolute Gasteiger partial charge is 0.307 e. The maximum absolute atomic E-state index is 12.8. The largest absolute Gasteiger partial charge is 0.453 e. The van der Waals surface area contributed by atoms with Crippen LogP contribution in [0.5, 0.6) is 0 Å². The van der Waals surface area contributed by atoms with Crippen molar-refractivity contribution in [2.24, 2.45) is 0 Å². The molecular weight excluding hydrogens is 351 g/mol. The van der Waals surface area contributed by atoms with Crippen LogP contribution in [0, 0.1) is 17.1 Å². The Labute approximate surface area is 155 Å². The van der Waals surface area contributed by atoms with E-state index in [1.807, 2.05) is 6.07 Å². The standard InChI is InChI=1S/C20H17FN2O4/c1-13(20(26)23-17-4-2-3-14(11-17)12-22)27-19(25)10-9-18(24)15-5-7-16(21)8-6-15/h2-8,11,13H,9-10H2,1H3,(H,23,26)/t13-/m0/s1. The van der Waals surface area contributed by atoms with Crippen molar-refractivity contribution in [3.63, 3.8) is 0 Å². The quantitative estimate of drug-likeness (QED) is 0.598. The van der Waals surface area contributed by atoms with Crippen molar-refractivity contribution in [2.75, 3.05) is 5.32 Å². The topological polar surface area (TPSA) is 96.3 Å². The molecule has 0 aliphatic carbocycles. The van der Waals surface area contributed by atoms with E-state index >= 15 is 0 Å². The molecule has 0 saturated heterocycles. The van der Waals surface area contributed by atoms with E-state index in [4.69, 9.17) is 10.00 Å². The Kier molecular flexibility index (Phi) is 6.78. The third-order valence-corrected chi connectivity index (χ3v) is 3.66. The van der Waals surface area contributed by atoms with Crippen molar-refractivity contribution in [1.29, 1.82) is 5.26 Å². The second-order valence-electron chi connectivity index (χ2n) is 5.74. The summed E-state index contributed by atoms with van der Waals surface area (Å²) in [5, 5.41) is 11.4. The lowest BCUT2D eigenvalue weighted by molar-refractivity contribution is -0.153. The number of halogens is 1. The number of nitrogens with zero attached hydrogens (tertiary/aromatic N) is 1. The molecule has 0 aliphatic rings. The zero-order valence-electron chi connectivity index (χ0n) is 14.6. The van der Waals surface area contributed by atoms with Gasteiger partial charge in [0.15, 0.2) is 11.9 Å². The zero-order valence-corrected chi connectivity index (χ0v) is 14.6. The lowest BCUT2D eigenvalue weighted by Gasteiger charge is -2.13. The summed E-state index contributed by atoms with van der Waals surface area (Å²) in [6.07, 6.45) is -1.37. The molecular formula is C20H17FN2O4. The fourth-order valence-corrected chi connectivity index (χ4v) is 2.22. The van der Waals surface area contributed by atoms with E-state index in [2.05, 4.69) is 5.32 Å². The summed E-state index contributed by atoms with van der Waals surface area (Å²) in [6, 6.07) is 13.3. The molecule has 0 aliphatic heterocycles. The Morgan fingerprint density at radius 3 is 2.52 bits per heavy atom. The van der Waals surface area contributed by atoms with Gasteiger partial charge in [0.1, 0.15) is 5.82 Å². The van der Waals surface area contributed by atoms with Gasteiger partial charge in [-0.05, 0) is 49.4 Å². The van der Waals surface area contributed by atoms with Gasteiger partial charge in [-0.15, -0.1) is 0 Å². The van der Waals surface area contributed by atoms with Crippen LogP contribution < -0.4 is 5.32 Å². The number of Topliss-reactive ketones (excluding diaryl/α,β-unsaturated/α-hetero) is 1. The number of hydrogen-bond acceptors (Lipinski definition) is 5. The predicted octanol–water partition coefficient (Wildman–Crippen LogP) is 3.23. The molecule has 2 aromatic rings. The molecule has 1 atom stereocenters. The van der Waals surface area contributed by atoms with Crippen LogP contribution in [-0.4, -0.2) is 23.8 Å². The first kappa shape index (κ1) is 19.8. The minimum atomic E-state index is -1.07. The average molecular weight is 368 g/mol. The lowest BCUT2D eigenvalue weighted by Crippen LogP contribution is -2.30. The molecule has 0 spiro atoms. The van der Waals surface area contributed by atoms with Crippen molar-refractivity contribution in [2.45, 2.75) is 25.9 Å². The van der Waals surface area contributed by atoms with E-state index < -0.39 is 23.8 Å². The van der Waals surface area contributed by atoms with Crippen LogP contribution in [0.1, 0.15) is 35.7 Å². The highest BCUT2D eigenvalue weighted by Gasteiger charge is 2.19. The fourth-order valence-electron chi connectivity index (χ4n) is 2.22. The van der Waals surface area contributed by atoms with Gasteiger partial charge in [0.2, 0.25) is 0 Å². The Hall–Kier alpha value is -3.53. The average Bonchev–Trinajstić information content (AvgIpc) is 2.66. The first-order chi connectivity index (χ1) is 12.9. The first-order valence-electron chi connectivity index (χ1n) is 8.18. The molecule has 7 heteroatoms. The minimum absolute atomic E-state index is 0.108. The van der Waals surface area contributed by atoms with Gasteiger partial charge >= 0.3 is 5.97 Å². The maximum Gasteiger partial charge on any atom is 0.307 e. The SMILES string of the molecule is C[C@H](OC(=O)CCC(=O)c1ccc(F)cc1)C(=O)Nc1cccc(C#N)c1. The molecule has 27 heavy (non-hydrogen) atoms. The Morgan fingerprint density at radius 2 is 1.85 bits per heavy atom. The summed E-state index contributed by atoms with van der Waals surface area (Å²) in [5.74, 6) is -2.02. The number of amides is 1. The molecule has 0 heterocycles. The summed E-state index contributed by atoms with van der Waals surface area (Å²) in [4.78, 5) is 35.9. The van der Waals surface area contributed by atoms with Crippen LogP contribution in [0.2, 0.25) is 0 Å². The summed E-state index contributed by atoms with van der Waals surface area (Å²) in [5.41, 5.74) is 1.09. The molecule has 2 rings (SSSR count). The van der Waals surface area contributed by atoms with Gasteiger partial charge in [0, 0.05) is 17.7 Å². The van der Waals surface area contributed by atoms with Crippen molar-refractivity contribution in [3.05, 3.63) is 65.5 Å². The minimum Gasteiger partial charge on any atom is -0.453 e. The van der Waals surface area contributed by atoms with Crippen molar-refractivity contribution < 1.29 is 23.5 Å². The number of rotatable bonds is 7.